The number of amides is 1. The fraction of sp³-hybridized carbons (Fsp3) is 0.222. The number of aryl methyl sites for hydroxylation is 1. The Kier molecular flexibility index (Phi) is 4.57. The van der Waals surface area contributed by atoms with Crippen LogP contribution in [0.1, 0.15) is 18.1 Å². The first-order valence-electron chi connectivity index (χ1n) is 7.53. The maximum atomic E-state index is 12.2. The zero-order valence-electron chi connectivity index (χ0n) is 13.1. The lowest BCUT2D eigenvalue weighted by Gasteiger charge is -2.04. The summed E-state index contributed by atoms with van der Waals surface area (Å²) in [6, 6.07) is 13.7. The molecule has 0 aliphatic carbocycles. The molecule has 1 heterocycles. The van der Waals surface area contributed by atoms with Crippen LogP contribution in [0.5, 0.6) is 5.75 Å². The van der Waals surface area contributed by atoms with Crippen LogP contribution in [0.15, 0.2) is 42.5 Å². The van der Waals surface area contributed by atoms with Gasteiger partial charge in [-0.2, -0.15) is 0 Å². The second-order valence-electron chi connectivity index (χ2n) is 5.23. The van der Waals surface area contributed by atoms with E-state index in [0.29, 0.717) is 18.2 Å². The van der Waals surface area contributed by atoms with Crippen molar-refractivity contribution < 1.29 is 9.53 Å². The van der Waals surface area contributed by atoms with Gasteiger partial charge >= 0.3 is 0 Å². The number of carbonyl (C=O) groups is 1. The second-order valence-corrected chi connectivity index (χ2v) is 6.26. The van der Waals surface area contributed by atoms with E-state index in [9.17, 15) is 4.79 Å². The van der Waals surface area contributed by atoms with Crippen LogP contribution in [0.2, 0.25) is 0 Å². The van der Waals surface area contributed by atoms with E-state index in [4.69, 9.17) is 4.74 Å². The van der Waals surface area contributed by atoms with Crippen LogP contribution < -0.4 is 10.1 Å². The Hall–Kier alpha value is -2.40. The molecule has 1 amide bonds. The van der Waals surface area contributed by atoms with Gasteiger partial charge in [-0.3, -0.25) is 4.79 Å². The van der Waals surface area contributed by atoms with Crippen molar-refractivity contribution in [3.05, 3.63) is 53.6 Å². The summed E-state index contributed by atoms with van der Waals surface area (Å²) in [5.74, 6) is 0.768. The van der Waals surface area contributed by atoms with Gasteiger partial charge in [0.2, 0.25) is 5.91 Å². The standard InChI is InChI=1S/C18H18N2O2S/c1-3-22-14-8-9-15-16(11-14)23-18(19-15)20-17(21)10-13-7-5-4-6-12(13)2/h4-9,11H,3,10H2,1-2H3,(H,19,20,21). The molecule has 0 saturated heterocycles. The number of thiazole rings is 1. The van der Waals surface area contributed by atoms with E-state index in [1.165, 1.54) is 11.3 Å². The first-order valence-corrected chi connectivity index (χ1v) is 8.35. The molecular weight excluding hydrogens is 308 g/mol. The molecule has 1 aromatic heterocycles. The molecule has 0 atom stereocenters. The van der Waals surface area contributed by atoms with Crippen molar-refractivity contribution in [1.82, 2.24) is 4.98 Å². The highest BCUT2D eigenvalue weighted by Gasteiger charge is 2.10. The molecule has 0 unspecified atom stereocenters. The Balaban J connectivity index is 1.73. The molecule has 0 bridgehead atoms. The number of nitrogens with one attached hydrogen (secondary N) is 1. The number of fused-ring (bicyclic) bond motifs is 1. The third kappa shape index (κ3) is 3.68. The van der Waals surface area contributed by atoms with Crippen molar-refractivity contribution >= 4 is 32.6 Å². The van der Waals surface area contributed by atoms with Crippen LogP contribution >= 0.6 is 11.3 Å². The molecule has 3 aromatic rings. The van der Waals surface area contributed by atoms with E-state index >= 15 is 0 Å². The van der Waals surface area contributed by atoms with Gasteiger partial charge in [-0.15, -0.1) is 0 Å². The normalized spacial score (nSPS) is 10.7. The maximum Gasteiger partial charge on any atom is 0.230 e. The minimum Gasteiger partial charge on any atom is -0.494 e. The van der Waals surface area contributed by atoms with Gasteiger partial charge in [0.1, 0.15) is 5.75 Å². The number of ether oxygens (including phenoxy) is 1. The monoisotopic (exact) mass is 326 g/mol. The number of nitrogens with zero attached hydrogens (tertiary/aromatic N) is 1. The summed E-state index contributed by atoms with van der Waals surface area (Å²) in [5, 5.41) is 3.50. The number of aromatic nitrogens is 1. The molecular formula is C18H18N2O2S. The van der Waals surface area contributed by atoms with Crippen molar-refractivity contribution in [2.45, 2.75) is 20.3 Å². The SMILES string of the molecule is CCOc1ccc2nc(NC(=O)Cc3ccccc3C)sc2c1. The van der Waals surface area contributed by atoms with Gasteiger partial charge in [-0.05, 0) is 43.2 Å². The van der Waals surface area contributed by atoms with Crippen LogP contribution in [0.25, 0.3) is 10.2 Å². The zero-order valence-corrected chi connectivity index (χ0v) is 13.9. The molecule has 23 heavy (non-hydrogen) atoms. The number of benzene rings is 2. The fourth-order valence-corrected chi connectivity index (χ4v) is 3.27. The van der Waals surface area contributed by atoms with Crippen molar-refractivity contribution in [1.29, 1.82) is 0 Å². The molecule has 2 aromatic carbocycles. The third-order valence-electron chi connectivity index (χ3n) is 3.53. The molecule has 118 valence electrons. The van der Waals surface area contributed by atoms with Crippen LogP contribution in [0.4, 0.5) is 5.13 Å². The summed E-state index contributed by atoms with van der Waals surface area (Å²) in [6.07, 6.45) is 0.354. The molecule has 5 heteroatoms. The lowest BCUT2D eigenvalue weighted by atomic mass is 10.1. The van der Waals surface area contributed by atoms with Crippen molar-refractivity contribution in [2.75, 3.05) is 11.9 Å². The van der Waals surface area contributed by atoms with E-state index in [0.717, 1.165) is 27.1 Å². The van der Waals surface area contributed by atoms with Gasteiger partial charge in [-0.25, -0.2) is 4.98 Å². The third-order valence-corrected chi connectivity index (χ3v) is 4.46. The summed E-state index contributed by atoms with van der Waals surface area (Å²) in [4.78, 5) is 16.7. The summed E-state index contributed by atoms with van der Waals surface area (Å²) in [6.45, 7) is 4.59. The second kappa shape index (κ2) is 6.79. The van der Waals surface area contributed by atoms with Crippen molar-refractivity contribution in [2.24, 2.45) is 0 Å². The largest absolute Gasteiger partial charge is 0.494 e. The number of hydrogen-bond acceptors (Lipinski definition) is 4. The number of rotatable bonds is 5. The van der Waals surface area contributed by atoms with E-state index in [2.05, 4.69) is 10.3 Å². The summed E-state index contributed by atoms with van der Waals surface area (Å²) < 4.78 is 6.49. The molecule has 0 aliphatic heterocycles. The van der Waals surface area contributed by atoms with Gasteiger partial charge in [0, 0.05) is 0 Å². The highest BCUT2D eigenvalue weighted by molar-refractivity contribution is 7.22. The molecule has 0 fully saturated rings. The molecule has 0 radical (unpaired) electrons. The van der Waals surface area contributed by atoms with Gasteiger partial charge in [-0.1, -0.05) is 35.6 Å². The Labute approximate surface area is 139 Å². The molecule has 1 N–H and O–H groups in total. The number of anilines is 1. The van der Waals surface area contributed by atoms with E-state index in [1.807, 2.05) is 56.3 Å². The predicted molar refractivity (Wildman–Crippen MR) is 94.3 cm³/mol. The quantitative estimate of drug-likeness (QED) is 0.765. The highest BCUT2D eigenvalue weighted by atomic mass is 32.1. The van der Waals surface area contributed by atoms with E-state index in [1.54, 1.807) is 0 Å². The lowest BCUT2D eigenvalue weighted by molar-refractivity contribution is -0.115. The molecule has 0 aliphatic rings. The van der Waals surface area contributed by atoms with Crippen LogP contribution in [-0.4, -0.2) is 17.5 Å². The van der Waals surface area contributed by atoms with Crippen LogP contribution in [0.3, 0.4) is 0 Å². The topological polar surface area (TPSA) is 51.2 Å². The minimum absolute atomic E-state index is 0.0524. The fourth-order valence-electron chi connectivity index (χ4n) is 2.36. The smallest absolute Gasteiger partial charge is 0.230 e. The average molecular weight is 326 g/mol. The van der Waals surface area contributed by atoms with Crippen LogP contribution in [-0.2, 0) is 11.2 Å². The number of hydrogen-bond donors (Lipinski definition) is 1. The minimum atomic E-state index is -0.0524. The van der Waals surface area contributed by atoms with Crippen LogP contribution in [0, 0.1) is 6.92 Å². The first kappa shape index (κ1) is 15.5. The molecule has 4 nitrogen and oxygen atoms in total. The average Bonchev–Trinajstić information content (AvgIpc) is 2.91. The Morgan fingerprint density at radius 1 is 1.26 bits per heavy atom. The summed E-state index contributed by atoms with van der Waals surface area (Å²) in [7, 11) is 0. The van der Waals surface area contributed by atoms with Gasteiger partial charge < -0.3 is 10.1 Å². The Morgan fingerprint density at radius 3 is 2.87 bits per heavy atom. The Bertz CT molecular complexity index is 842. The van der Waals surface area contributed by atoms with Crippen molar-refractivity contribution in [3.63, 3.8) is 0 Å². The lowest BCUT2D eigenvalue weighted by Crippen LogP contribution is -2.14. The predicted octanol–water partition coefficient (Wildman–Crippen LogP) is 4.18. The summed E-state index contributed by atoms with van der Waals surface area (Å²) >= 11 is 1.46. The number of carbonyl (C=O) groups excluding carboxylic acids is 1. The summed E-state index contributed by atoms with van der Waals surface area (Å²) in [5.41, 5.74) is 3.02. The van der Waals surface area contributed by atoms with E-state index < -0.39 is 0 Å². The molecule has 3 rings (SSSR count). The van der Waals surface area contributed by atoms with E-state index in [-0.39, 0.29) is 5.91 Å². The van der Waals surface area contributed by atoms with Gasteiger partial charge in [0.25, 0.3) is 0 Å². The first-order chi connectivity index (χ1) is 11.2. The highest BCUT2D eigenvalue weighted by Crippen LogP contribution is 2.29. The van der Waals surface area contributed by atoms with Gasteiger partial charge in [0.05, 0.1) is 23.2 Å². The van der Waals surface area contributed by atoms with Gasteiger partial charge in [0.15, 0.2) is 5.13 Å². The zero-order chi connectivity index (χ0) is 16.2. The molecule has 0 spiro atoms. The maximum absolute atomic E-state index is 12.2. The molecule has 0 saturated carbocycles. The Morgan fingerprint density at radius 2 is 2.09 bits per heavy atom. The van der Waals surface area contributed by atoms with Crippen molar-refractivity contribution in [3.8, 4) is 5.75 Å².